The van der Waals surface area contributed by atoms with Crippen molar-refractivity contribution in [3.8, 4) is 0 Å². The number of amides is 1. The molecule has 0 bridgehead atoms. The summed E-state index contributed by atoms with van der Waals surface area (Å²) in [5, 5.41) is 12.4. The van der Waals surface area contributed by atoms with Crippen LogP contribution in [0.4, 0.5) is 4.79 Å². The number of pyridine rings is 2. The van der Waals surface area contributed by atoms with E-state index in [1.165, 1.54) is 0 Å². The van der Waals surface area contributed by atoms with Crippen LogP contribution in [0.5, 0.6) is 0 Å². The topological polar surface area (TPSA) is 132 Å². The normalized spacial score (nSPS) is 20.0. The molecule has 0 aromatic carbocycles. The first-order chi connectivity index (χ1) is 31.0. The molecule has 0 radical (unpaired) electrons. The van der Waals surface area contributed by atoms with Crippen molar-refractivity contribution in [3.05, 3.63) is 59.2 Å². The maximum absolute atomic E-state index is 14.1. The molecule has 2 aliphatic heterocycles. The van der Waals surface area contributed by atoms with Crippen LogP contribution in [0.1, 0.15) is 149 Å². The Bertz CT molecular complexity index is 2240. The smallest absolute Gasteiger partial charge is 0.411 e. The number of hydrogen-bond acceptors (Lipinski definition) is 8. The second-order valence-corrected chi connectivity index (χ2v) is 33.3. The highest BCUT2D eigenvalue weighted by molar-refractivity contribution is 6.83. The third-order valence-corrected chi connectivity index (χ3v) is 29.2. The van der Waals surface area contributed by atoms with E-state index >= 15 is 0 Å². The van der Waals surface area contributed by atoms with E-state index in [-0.39, 0.29) is 23.5 Å². The van der Waals surface area contributed by atoms with Gasteiger partial charge in [0.1, 0.15) is 11.3 Å². The molecule has 5 atom stereocenters. The number of likely N-dealkylation sites (tertiary alicyclic amines) is 1. The lowest BCUT2D eigenvalue weighted by atomic mass is 9.80. The lowest BCUT2D eigenvalue weighted by molar-refractivity contribution is 0.0579. The zero-order valence-corrected chi connectivity index (χ0v) is 46.5. The van der Waals surface area contributed by atoms with Gasteiger partial charge < -0.3 is 28.5 Å². The monoisotopic (exact) mass is 965 g/mol. The first kappa shape index (κ1) is 55.2. The summed E-state index contributed by atoms with van der Waals surface area (Å²) in [6.07, 6.45) is 9.55. The van der Waals surface area contributed by atoms with Crippen molar-refractivity contribution in [2.24, 2.45) is 23.7 Å². The van der Waals surface area contributed by atoms with E-state index in [0.29, 0.717) is 58.0 Å². The van der Waals surface area contributed by atoms with Gasteiger partial charge >= 0.3 is 6.09 Å². The van der Waals surface area contributed by atoms with Gasteiger partial charge in [-0.3, -0.25) is 9.59 Å². The van der Waals surface area contributed by atoms with Crippen molar-refractivity contribution in [2.75, 3.05) is 33.3 Å². The Hall–Kier alpha value is -3.37. The number of aryl methyl sites for hydroxylation is 2. The van der Waals surface area contributed by atoms with Crippen molar-refractivity contribution in [3.63, 3.8) is 0 Å². The van der Waals surface area contributed by atoms with Crippen LogP contribution in [-0.4, -0.2) is 101 Å². The number of aliphatic hydroxyl groups is 1. The summed E-state index contributed by atoms with van der Waals surface area (Å²) < 4.78 is 10.2. The number of nitrogens with one attached hydrogen (secondary N) is 1. The first-order valence-corrected chi connectivity index (χ1v) is 29.5. The second-order valence-electron chi connectivity index (χ2n) is 21.2. The maximum Gasteiger partial charge on any atom is 0.411 e. The predicted octanol–water partition coefficient (Wildman–Crippen LogP) is 12.6. The zero-order chi connectivity index (χ0) is 49.7. The summed E-state index contributed by atoms with van der Waals surface area (Å²) >= 11 is 5.86. The number of nitrogens with zero attached hydrogens (tertiary/aromatic N) is 5. The van der Waals surface area contributed by atoms with Crippen LogP contribution in [-0.2, 0) is 4.74 Å². The molecule has 14 heteroatoms. The van der Waals surface area contributed by atoms with Crippen molar-refractivity contribution < 1.29 is 24.2 Å². The Balaban J connectivity index is 0.000000282. The molecule has 4 aromatic heterocycles. The van der Waals surface area contributed by atoms with E-state index < -0.39 is 28.1 Å². The molecule has 11 nitrogen and oxygen atoms in total. The molecule has 2 saturated heterocycles. The standard InChI is InChI=1S/C27H42ClN3O3Si.C24H39N3OSi.CH4O/c1-16(2)35(17(3)4,18(5)6)31-13-11-22-24(20(8)14-29-26(22)31)25(32)23-15-30(12-10-19(23)7)27(33)34-21(9)28;1-15(2)29(16(3)4,17(5)6)27-12-10-20-22(19(8)13-26-24(20)27)23(28)21-14-25-11-9-18(21)7;1-2/h11,13-14,16-19,21,23H,10,12,15H2,1-9H3;10,12-13,15-18,21,25H,9,11,14H2,1-8H3;2H,1H3/t19-,21?,23?;18-,21?;/m00./s1. The van der Waals surface area contributed by atoms with E-state index in [9.17, 15) is 14.4 Å². The van der Waals surface area contributed by atoms with Gasteiger partial charge in [0.25, 0.3) is 0 Å². The van der Waals surface area contributed by atoms with Crippen LogP contribution in [0.3, 0.4) is 0 Å². The van der Waals surface area contributed by atoms with Gasteiger partial charge in [0.05, 0.1) is 0 Å². The van der Waals surface area contributed by atoms with Gasteiger partial charge in [-0.25, -0.2) is 14.8 Å². The van der Waals surface area contributed by atoms with Gasteiger partial charge in [0.15, 0.2) is 33.6 Å². The summed E-state index contributed by atoms with van der Waals surface area (Å²) in [4.78, 5) is 51.6. The number of fused-ring (bicyclic) bond motifs is 2. The predicted molar refractivity (Wildman–Crippen MR) is 279 cm³/mol. The van der Waals surface area contributed by atoms with Crippen molar-refractivity contribution in [1.29, 1.82) is 0 Å². The number of hydrogen-bond donors (Lipinski definition) is 2. The molecule has 6 heterocycles. The van der Waals surface area contributed by atoms with Crippen LogP contribution in [0.15, 0.2) is 36.9 Å². The summed E-state index contributed by atoms with van der Waals surface area (Å²) in [7, 11) is -2.94. The lowest BCUT2D eigenvalue weighted by Crippen LogP contribution is -2.51. The molecule has 4 aromatic rings. The van der Waals surface area contributed by atoms with Crippen molar-refractivity contribution >= 4 is 67.8 Å². The first-order valence-electron chi connectivity index (χ1n) is 24.7. The van der Waals surface area contributed by atoms with Gasteiger partial charge in [-0.1, -0.05) is 109 Å². The molecule has 6 rings (SSSR count). The number of Topliss-reactive ketones (excluding diaryl/α,β-unsaturated/α-hetero) is 2. The number of alkyl halides is 1. The highest BCUT2D eigenvalue weighted by Crippen LogP contribution is 2.46. The van der Waals surface area contributed by atoms with Gasteiger partial charge in [-0.15, -0.1) is 0 Å². The molecule has 2 fully saturated rings. The fraction of sp³-hybridized carbons (Fsp3) is 0.673. The number of ether oxygens (including phenoxy) is 1. The molecular weight excluding hydrogens is 880 g/mol. The molecule has 0 spiro atoms. The molecule has 2 aliphatic rings. The molecule has 1 amide bonds. The molecule has 2 N–H and O–H groups in total. The fourth-order valence-corrected chi connectivity index (χ4v) is 26.0. The number of carbonyl (C=O) groups excluding carboxylic acids is 3. The average molecular weight is 966 g/mol. The van der Waals surface area contributed by atoms with E-state index in [0.717, 1.165) is 77.4 Å². The molecule has 66 heavy (non-hydrogen) atoms. The maximum atomic E-state index is 14.1. The van der Waals surface area contributed by atoms with E-state index in [4.69, 9.17) is 31.4 Å². The summed E-state index contributed by atoms with van der Waals surface area (Å²) in [5.41, 5.74) is 8.05. The van der Waals surface area contributed by atoms with Gasteiger partial charge in [-0.2, -0.15) is 0 Å². The molecular formula is C52H85ClN6O5Si2. The van der Waals surface area contributed by atoms with Gasteiger partial charge in [-0.05, 0) is 121 Å². The van der Waals surface area contributed by atoms with E-state index in [1.54, 1.807) is 11.8 Å². The summed E-state index contributed by atoms with van der Waals surface area (Å²) in [6, 6.07) is 4.25. The van der Waals surface area contributed by atoms with Gasteiger partial charge in [0.2, 0.25) is 0 Å². The Kier molecular flexibility index (Phi) is 19.1. The highest BCUT2D eigenvalue weighted by Gasteiger charge is 2.48. The second kappa shape index (κ2) is 22.8. The van der Waals surface area contributed by atoms with Crippen molar-refractivity contribution in [1.82, 2.24) is 28.6 Å². The number of piperidine rings is 2. The lowest BCUT2D eigenvalue weighted by Gasteiger charge is -2.44. The molecule has 368 valence electrons. The number of rotatable bonds is 13. The molecule has 0 aliphatic carbocycles. The Labute approximate surface area is 404 Å². The quantitative estimate of drug-likeness (QED) is 0.0769. The summed E-state index contributed by atoms with van der Waals surface area (Å²) in [6.45, 7) is 40.8. The Morgan fingerprint density at radius 3 is 1.45 bits per heavy atom. The van der Waals surface area contributed by atoms with Gasteiger partial charge in [0, 0.05) is 72.9 Å². The minimum absolute atomic E-state index is 0.0544. The largest absolute Gasteiger partial charge is 0.430 e. The Morgan fingerprint density at radius 1 is 0.682 bits per heavy atom. The fourth-order valence-electron chi connectivity index (χ4n) is 12.8. The van der Waals surface area contributed by atoms with E-state index in [1.807, 2.05) is 26.2 Å². The highest BCUT2D eigenvalue weighted by atomic mass is 35.5. The molecule has 3 unspecified atom stereocenters. The number of halogens is 1. The minimum atomic E-state index is -2.02. The number of ketones is 2. The third-order valence-electron chi connectivity index (χ3n) is 15.7. The number of aliphatic hydroxyl groups excluding tert-OH is 1. The SMILES string of the molecule is CO.Cc1cnc2c(ccn2[Si](C(C)C)(C(C)C)C(C)C)c1C(=O)C1CN(C(=O)OC(C)Cl)CC[C@@H]1C.Cc1cnc2c(ccn2[Si](C(C)C)(C(C)C)C(C)C)c1C(=O)C1CNCC[C@@H]1C. The number of aromatic nitrogens is 4. The van der Waals surface area contributed by atoms with Crippen LogP contribution < -0.4 is 5.32 Å². The molecule has 0 saturated carbocycles. The summed E-state index contributed by atoms with van der Waals surface area (Å²) in [5.74, 6) is 0.723. The van der Waals surface area contributed by atoms with Crippen LogP contribution in [0, 0.1) is 37.5 Å². The van der Waals surface area contributed by atoms with Crippen LogP contribution in [0.25, 0.3) is 22.1 Å². The zero-order valence-electron chi connectivity index (χ0n) is 43.8. The Morgan fingerprint density at radius 2 is 1.08 bits per heavy atom. The number of carbonyl (C=O) groups is 3. The van der Waals surface area contributed by atoms with Crippen LogP contribution >= 0.6 is 11.6 Å². The third kappa shape index (κ3) is 10.3. The average Bonchev–Trinajstić information content (AvgIpc) is 3.86. The minimum Gasteiger partial charge on any atom is -0.430 e. The van der Waals surface area contributed by atoms with Crippen LogP contribution in [0.2, 0.25) is 33.2 Å². The van der Waals surface area contributed by atoms with Crippen molar-refractivity contribution in [2.45, 2.75) is 169 Å². The van der Waals surface area contributed by atoms with E-state index in [2.05, 4.69) is 135 Å².